The lowest BCUT2D eigenvalue weighted by Gasteiger charge is -2.14. The third kappa shape index (κ3) is 5.90. The second kappa shape index (κ2) is 12.3. The van der Waals surface area contributed by atoms with Crippen molar-refractivity contribution < 1.29 is 14.0 Å². The molecule has 2 heterocycles. The Hall–Kier alpha value is -4.87. The molecule has 0 aliphatic heterocycles. The molecule has 0 bridgehead atoms. The number of rotatable bonds is 9. The van der Waals surface area contributed by atoms with Gasteiger partial charge in [0.25, 0.3) is 5.91 Å². The van der Waals surface area contributed by atoms with Crippen LogP contribution in [-0.2, 0) is 16.2 Å². The van der Waals surface area contributed by atoms with Crippen LogP contribution in [-0.4, -0.2) is 22.8 Å². The molecular formula is C32H25BrN4O3. The van der Waals surface area contributed by atoms with Crippen LogP contribution < -0.4 is 5.32 Å². The second-order valence-electron chi connectivity index (χ2n) is 8.96. The van der Waals surface area contributed by atoms with Gasteiger partial charge in [0.2, 0.25) is 0 Å². The Kier molecular flexibility index (Phi) is 8.24. The minimum absolute atomic E-state index is 0.302. The van der Waals surface area contributed by atoms with E-state index in [1.54, 1.807) is 6.26 Å². The highest BCUT2D eigenvalue weighted by Gasteiger charge is 2.27. The number of hydrogen-bond acceptors (Lipinski definition) is 5. The number of aromatic nitrogens is 1. The van der Waals surface area contributed by atoms with E-state index in [0.717, 1.165) is 32.4 Å². The summed E-state index contributed by atoms with van der Waals surface area (Å²) in [7, 11) is 0. The molecule has 5 aromatic rings. The number of amides is 1. The number of nitriles is 1. The highest BCUT2D eigenvalue weighted by atomic mass is 79.9. The zero-order chi connectivity index (χ0) is 27.9. The van der Waals surface area contributed by atoms with E-state index in [9.17, 15) is 10.1 Å². The summed E-state index contributed by atoms with van der Waals surface area (Å²) < 4.78 is 8.52. The van der Waals surface area contributed by atoms with E-state index >= 15 is 0 Å². The average Bonchev–Trinajstić information content (AvgIpc) is 3.60. The lowest BCUT2D eigenvalue weighted by molar-refractivity contribution is -0.120. The molecule has 0 radical (unpaired) electrons. The summed E-state index contributed by atoms with van der Waals surface area (Å²) in [5, 5.41) is 17.4. The summed E-state index contributed by atoms with van der Waals surface area (Å²) >= 11 is 3.42. The van der Waals surface area contributed by atoms with Crippen molar-refractivity contribution in [3.63, 3.8) is 0 Å². The molecular weight excluding hydrogens is 568 g/mol. The Morgan fingerprint density at radius 3 is 2.27 bits per heavy atom. The first-order chi connectivity index (χ1) is 19.5. The lowest BCUT2D eigenvalue weighted by atomic mass is 9.98. The van der Waals surface area contributed by atoms with Gasteiger partial charge in [0, 0.05) is 10.0 Å². The molecule has 7 nitrogen and oxygen atoms in total. The van der Waals surface area contributed by atoms with Crippen LogP contribution in [0.2, 0.25) is 0 Å². The van der Waals surface area contributed by atoms with Crippen LogP contribution in [0.15, 0.2) is 117 Å². The molecule has 5 rings (SSSR count). The van der Waals surface area contributed by atoms with Crippen LogP contribution >= 0.6 is 15.9 Å². The van der Waals surface area contributed by atoms with Crippen LogP contribution in [0.25, 0.3) is 22.4 Å². The smallest absolute Gasteiger partial charge is 0.266 e. The van der Waals surface area contributed by atoms with Crippen molar-refractivity contribution in [1.29, 1.82) is 5.26 Å². The molecule has 198 valence electrons. The molecule has 1 amide bonds. The maximum absolute atomic E-state index is 13.1. The summed E-state index contributed by atoms with van der Waals surface area (Å²) in [4.78, 5) is 18.5. The van der Waals surface area contributed by atoms with Crippen LogP contribution in [0.1, 0.15) is 23.8 Å². The first-order valence-corrected chi connectivity index (χ1v) is 13.4. The SMILES string of the molecule is C/C(=N\OCC(=O)Nc1c(C#N)c(-c2ccccc2)c(-c2ccccc2)n1Cc1ccco1)c1ccc(Br)cc1. The Balaban J connectivity index is 1.53. The van der Waals surface area contributed by atoms with E-state index in [2.05, 4.69) is 32.5 Å². The summed E-state index contributed by atoms with van der Waals surface area (Å²) in [5.74, 6) is 0.595. The van der Waals surface area contributed by atoms with Crippen LogP contribution in [0.5, 0.6) is 0 Å². The molecule has 8 heteroatoms. The molecule has 0 saturated carbocycles. The molecule has 0 unspecified atom stereocenters. The predicted octanol–water partition coefficient (Wildman–Crippen LogP) is 7.48. The quantitative estimate of drug-likeness (QED) is 0.142. The largest absolute Gasteiger partial charge is 0.467 e. The lowest BCUT2D eigenvalue weighted by Crippen LogP contribution is -2.20. The molecule has 0 atom stereocenters. The standard InChI is InChI=1S/C32H25BrN4O3/c1-22(23-14-16-26(33)17-15-23)36-40-21-29(38)35-32-28(19-34)30(24-9-4-2-5-10-24)31(25-11-6-3-7-12-25)37(32)20-27-13-8-18-39-27/h2-18H,20-21H2,1H3,(H,35,38)/b36-22+. The fourth-order valence-electron chi connectivity index (χ4n) is 4.46. The number of carbonyl (C=O) groups is 1. The van der Waals surface area contributed by atoms with Crippen molar-refractivity contribution in [2.45, 2.75) is 13.5 Å². The van der Waals surface area contributed by atoms with Crippen molar-refractivity contribution in [3.8, 4) is 28.5 Å². The third-order valence-corrected chi connectivity index (χ3v) is 6.82. The van der Waals surface area contributed by atoms with E-state index in [1.165, 1.54) is 0 Å². The number of anilines is 1. The van der Waals surface area contributed by atoms with E-state index in [0.29, 0.717) is 29.4 Å². The average molecular weight is 593 g/mol. The van der Waals surface area contributed by atoms with Gasteiger partial charge in [-0.05, 0) is 47.9 Å². The summed E-state index contributed by atoms with van der Waals surface area (Å²) in [6, 6.07) is 33.1. The molecule has 0 aliphatic carbocycles. The summed E-state index contributed by atoms with van der Waals surface area (Å²) in [6.07, 6.45) is 1.60. The highest BCUT2D eigenvalue weighted by Crippen LogP contribution is 2.42. The van der Waals surface area contributed by atoms with E-state index in [4.69, 9.17) is 9.25 Å². The van der Waals surface area contributed by atoms with Gasteiger partial charge in [-0.1, -0.05) is 93.9 Å². The van der Waals surface area contributed by atoms with Crippen molar-refractivity contribution in [2.24, 2.45) is 5.16 Å². The Bertz CT molecular complexity index is 1670. The zero-order valence-electron chi connectivity index (χ0n) is 21.7. The number of oxime groups is 1. The second-order valence-corrected chi connectivity index (χ2v) is 9.88. The molecule has 0 saturated heterocycles. The molecule has 2 aromatic heterocycles. The minimum atomic E-state index is -0.443. The fraction of sp³-hybridized carbons (Fsp3) is 0.0938. The van der Waals surface area contributed by atoms with Gasteiger partial charge in [-0.25, -0.2) is 0 Å². The first kappa shape index (κ1) is 26.7. The summed E-state index contributed by atoms with van der Waals surface area (Å²) in [5.41, 5.74) is 5.13. The number of nitrogens with one attached hydrogen (secondary N) is 1. The number of nitrogens with zero attached hydrogens (tertiary/aromatic N) is 3. The molecule has 0 aliphatic rings. The van der Waals surface area contributed by atoms with Gasteiger partial charge in [-0.15, -0.1) is 0 Å². The van der Waals surface area contributed by atoms with Gasteiger partial charge in [0.1, 0.15) is 23.2 Å². The topological polar surface area (TPSA) is 92.5 Å². The van der Waals surface area contributed by atoms with Crippen molar-refractivity contribution >= 4 is 33.4 Å². The number of carbonyl (C=O) groups excluding carboxylic acids is 1. The first-order valence-electron chi connectivity index (χ1n) is 12.6. The Morgan fingerprint density at radius 1 is 0.975 bits per heavy atom. The monoisotopic (exact) mass is 592 g/mol. The maximum atomic E-state index is 13.1. The van der Waals surface area contributed by atoms with E-state index in [1.807, 2.05) is 109 Å². The van der Waals surface area contributed by atoms with Gasteiger partial charge in [0.05, 0.1) is 24.2 Å². The minimum Gasteiger partial charge on any atom is -0.467 e. The van der Waals surface area contributed by atoms with Crippen molar-refractivity contribution in [1.82, 2.24) is 4.57 Å². The molecule has 40 heavy (non-hydrogen) atoms. The number of hydrogen-bond donors (Lipinski definition) is 1. The number of furan rings is 1. The number of halogens is 1. The van der Waals surface area contributed by atoms with Crippen molar-refractivity contribution in [3.05, 3.63) is 125 Å². The summed E-state index contributed by atoms with van der Waals surface area (Å²) in [6.45, 7) is 1.78. The Morgan fingerprint density at radius 2 is 1.65 bits per heavy atom. The van der Waals surface area contributed by atoms with E-state index in [-0.39, 0.29) is 6.61 Å². The fourth-order valence-corrected chi connectivity index (χ4v) is 4.72. The maximum Gasteiger partial charge on any atom is 0.266 e. The van der Waals surface area contributed by atoms with Gasteiger partial charge in [0.15, 0.2) is 6.61 Å². The van der Waals surface area contributed by atoms with Crippen LogP contribution in [0, 0.1) is 11.3 Å². The van der Waals surface area contributed by atoms with Crippen LogP contribution in [0.3, 0.4) is 0 Å². The van der Waals surface area contributed by atoms with Gasteiger partial charge >= 0.3 is 0 Å². The number of benzene rings is 3. The molecule has 0 fully saturated rings. The van der Waals surface area contributed by atoms with Crippen molar-refractivity contribution in [2.75, 3.05) is 11.9 Å². The molecule has 1 N–H and O–H groups in total. The van der Waals surface area contributed by atoms with Gasteiger partial charge < -0.3 is 19.1 Å². The third-order valence-electron chi connectivity index (χ3n) is 6.30. The Labute approximate surface area is 240 Å². The predicted molar refractivity (Wildman–Crippen MR) is 159 cm³/mol. The van der Waals surface area contributed by atoms with Gasteiger partial charge in [-0.3, -0.25) is 4.79 Å². The van der Waals surface area contributed by atoms with E-state index < -0.39 is 5.91 Å². The molecule has 0 spiro atoms. The van der Waals surface area contributed by atoms with Gasteiger partial charge in [-0.2, -0.15) is 5.26 Å². The molecule has 3 aromatic carbocycles. The normalized spacial score (nSPS) is 11.2. The highest BCUT2D eigenvalue weighted by molar-refractivity contribution is 9.10. The zero-order valence-corrected chi connectivity index (χ0v) is 23.3. The van der Waals surface area contributed by atoms with Crippen LogP contribution in [0.4, 0.5) is 5.82 Å².